The summed E-state index contributed by atoms with van der Waals surface area (Å²) in [7, 11) is 0. The molecule has 0 aromatic heterocycles. The Morgan fingerprint density at radius 2 is 1.94 bits per heavy atom. The average molecular weight is 228 g/mol. The van der Waals surface area contributed by atoms with E-state index in [0.717, 1.165) is 25.3 Å². The summed E-state index contributed by atoms with van der Waals surface area (Å²) in [5, 5.41) is 0. The van der Waals surface area contributed by atoms with Gasteiger partial charge in [-0.1, -0.05) is 18.6 Å². The minimum absolute atomic E-state index is 0.0114. The van der Waals surface area contributed by atoms with Gasteiger partial charge in [-0.15, -0.1) is 0 Å². The van der Waals surface area contributed by atoms with E-state index in [0.29, 0.717) is 11.8 Å². The van der Waals surface area contributed by atoms with Gasteiger partial charge < -0.3 is 0 Å². The number of halogens is 3. The van der Waals surface area contributed by atoms with Gasteiger partial charge in [0.2, 0.25) is 0 Å². The standard InChI is InChI=1S/C12H11F3O/c13-12(14,15)11-6-8(7-16)4-5-10(11)9-2-1-3-9/h4-7,9H,1-3H2. The molecule has 2 rings (SSSR count). The number of alkyl halides is 3. The Morgan fingerprint density at radius 1 is 1.25 bits per heavy atom. The molecular weight excluding hydrogens is 217 g/mol. The van der Waals surface area contributed by atoms with Gasteiger partial charge in [0.25, 0.3) is 0 Å². The second kappa shape index (κ2) is 3.92. The van der Waals surface area contributed by atoms with Crippen molar-refractivity contribution < 1.29 is 18.0 Å². The van der Waals surface area contributed by atoms with Gasteiger partial charge in [0.05, 0.1) is 5.56 Å². The first-order chi connectivity index (χ1) is 7.52. The lowest BCUT2D eigenvalue weighted by atomic mass is 9.78. The molecule has 1 aromatic rings. The maximum absolute atomic E-state index is 12.8. The summed E-state index contributed by atoms with van der Waals surface area (Å²) in [5.41, 5.74) is -0.235. The largest absolute Gasteiger partial charge is 0.416 e. The van der Waals surface area contributed by atoms with Crippen molar-refractivity contribution in [2.24, 2.45) is 0 Å². The van der Waals surface area contributed by atoms with Crippen molar-refractivity contribution in [3.05, 3.63) is 34.9 Å². The van der Waals surface area contributed by atoms with Crippen molar-refractivity contribution in [1.82, 2.24) is 0 Å². The predicted molar refractivity (Wildman–Crippen MR) is 53.4 cm³/mol. The summed E-state index contributed by atoms with van der Waals surface area (Å²) in [5.74, 6) is 0.0114. The van der Waals surface area contributed by atoms with Crippen LogP contribution in [0, 0.1) is 0 Å². The molecule has 0 saturated heterocycles. The van der Waals surface area contributed by atoms with Crippen LogP contribution >= 0.6 is 0 Å². The van der Waals surface area contributed by atoms with Crippen LogP contribution < -0.4 is 0 Å². The highest BCUT2D eigenvalue weighted by Crippen LogP contribution is 2.43. The number of carbonyl (C=O) groups is 1. The molecule has 1 fully saturated rings. The minimum atomic E-state index is -4.37. The Balaban J connectivity index is 2.46. The maximum atomic E-state index is 12.8. The maximum Gasteiger partial charge on any atom is 0.416 e. The first-order valence-electron chi connectivity index (χ1n) is 5.18. The predicted octanol–water partition coefficient (Wildman–Crippen LogP) is 3.79. The van der Waals surface area contributed by atoms with Gasteiger partial charge in [0.15, 0.2) is 0 Å². The molecule has 0 radical (unpaired) electrons. The molecule has 86 valence electrons. The lowest BCUT2D eigenvalue weighted by Crippen LogP contribution is -2.16. The van der Waals surface area contributed by atoms with Crippen molar-refractivity contribution in [3.63, 3.8) is 0 Å². The highest BCUT2D eigenvalue weighted by Gasteiger charge is 2.36. The third kappa shape index (κ3) is 1.96. The van der Waals surface area contributed by atoms with Crippen LogP contribution in [0.4, 0.5) is 13.2 Å². The van der Waals surface area contributed by atoms with Crippen LogP contribution in [0.2, 0.25) is 0 Å². The van der Waals surface area contributed by atoms with Crippen LogP contribution in [0.15, 0.2) is 18.2 Å². The summed E-state index contributed by atoms with van der Waals surface area (Å²) in [6.07, 6.45) is -1.33. The monoisotopic (exact) mass is 228 g/mol. The highest BCUT2D eigenvalue weighted by molar-refractivity contribution is 5.75. The molecule has 0 N–H and O–H groups in total. The van der Waals surface area contributed by atoms with E-state index in [1.807, 2.05) is 0 Å². The third-order valence-electron chi connectivity index (χ3n) is 3.06. The van der Waals surface area contributed by atoms with Crippen LogP contribution in [-0.4, -0.2) is 6.29 Å². The van der Waals surface area contributed by atoms with E-state index >= 15 is 0 Å². The Bertz CT molecular complexity index is 405. The summed E-state index contributed by atoms with van der Waals surface area (Å²) in [6.45, 7) is 0. The van der Waals surface area contributed by atoms with Crippen molar-refractivity contribution in [2.75, 3.05) is 0 Å². The smallest absolute Gasteiger partial charge is 0.298 e. The van der Waals surface area contributed by atoms with Gasteiger partial charge in [0.1, 0.15) is 6.29 Å². The van der Waals surface area contributed by atoms with Gasteiger partial charge in [0, 0.05) is 5.56 Å². The molecule has 1 nitrogen and oxygen atoms in total. The number of carbonyl (C=O) groups excluding carboxylic acids is 1. The van der Waals surface area contributed by atoms with Gasteiger partial charge in [-0.25, -0.2) is 0 Å². The highest BCUT2D eigenvalue weighted by atomic mass is 19.4. The van der Waals surface area contributed by atoms with Crippen molar-refractivity contribution in [1.29, 1.82) is 0 Å². The topological polar surface area (TPSA) is 17.1 Å². The molecule has 16 heavy (non-hydrogen) atoms. The molecule has 1 aliphatic carbocycles. The van der Waals surface area contributed by atoms with Crippen LogP contribution in [0.1, 0.15) is 46.7 Å². The number of aldehydes is 1. The normalized spacial score (nSPS) is 16.9. The summed E-state index contributed by atoms with van der Waals surface area (Å²) in [6, 6.07) is 3.84. The molecule has 0 unspecified atom stereocenters. The Morgan fingerprint density at radius 3 is 2.38 bits per heavy atom. The van der Waals surface area contributed by atoms with Crippen molar-refractivity contribution >= 4 is 6.29 Å². The molecule has 1 aromatic carbocycles. The van der Waals surface area contributed by atoms with Crippen LogP contribution in [0.25, 0.3) is 0 Å². The number of rotatable bonds is 2. The van der Waals surface area contributed by atoms with E-state index in [1.54, 1.807) is 0 Å². The molecule has 4 heteroatoms. The molecular formula is C12H11F3O. The lowest BCUT2D eigenvalue weighted by molar-refractivity contribution is -0.138. The summed E-state index contributed by atoms with van der Waals surface area (Å²) < 4.78 is 38.3. The van der Waals surface area contributed by atoms with Gasteiger partial charge in [-0.05, 0) is 30.4 Å². The Hall–Kier alpha value is -1.32. The summed E-state index contributed by atoms with van der Waals surface area (Å²) >= 11 is 0. The Kier molecular flexibility index (Phi) is 2.74. The minimum Gasteiger partial charge on any atom is -0.298 e. The van der Waals surface area contributed by atoms with E-state index in [1.165, 1.54) is 12.1 Å². The number of benzene rings is 1. The molecule has 0 atom stereocenters. The third-order valence-corrected chi connectivity index (χ3v) is 3.06. The Labute approximate surface area is 91.3 Å². The molecule has 1 aliphatic rings. The van der Waals surface area contributed by atoms with Gasteiger partial charge in [-0.3, -0.25) is 4.79 Å². The quantitative estimate of drug-likeness (QED) is 0.704. The molecule has 0 amide bonds. The van der Waals surface area contributed by atoms with E-state index < -0.39 is 11.7 Å². The van der Waals surface area contributed by atoms with Crippen molar-refractivity contribution in [2.45, 2.75) is 31.4 Å². The number of hydrogen-bond acceptors (Lipinski definition) is 1. The van der Waals surface area contributed by atoms with E-state index in [9.17, 15) is 18.0 Å². The van der Waals surface area contributed by atoms with E-state index in [4.69, 9.17) is 0 Å². The zero-order chi connectivity index (χ0) is 11.8. The summed E-state index contributed by atoms with van der Waals surface area (Å²) in [4.78, 5) is 10.5. The van der Waals surface area contributed by atoms with Crippen LogP contribution in [-0.2, 0) is 6.18 Å². The second-order valence-electron chi connectivity index (χ2n) is 4.09. The lowest BCUT2D eigenvalue weighted by Gasteiger charge is -2.28. The molecule has 0 aliphatic heterocycles. The van der Waals surface area contributed by atoms with Gasteiger partial charge in [-0.2, -0.15) is 13.2 Å². The first-order valence-corrected chi connectivity index (χ1v) is 5.18. The second-order valence-corrected chi connectivity index (χ2v) is 4.09. The number of hydrogen-bond donors (Lipinski definition) is 0. The molecule has 1 saturated carbocycles. The zero-order valence-electron chi connectivity index (χ0n) is 8.55. The van der Waals surface area contributed by atoms with Gasteiger partial charge >= 0.3 is 6.18 Å². The SMILES string of the molecule is O=Cc1ccc(C2CCC2)c(C(F)(F)F)c1. The fourth-order valence-electron chi connectivity index (χ4n) is 1.97. The molecule has 0 bridgehead atoms. The fourth-order valence-corrected chi connectivity index (χ4v) is 1.97. The van der Waals surface area contributed by atoms with E-state index in [-0.39, 0.29) is 11.5 Å². The van der Waals surface area contributed by atoms with E-state index in [2.05, 4.69) is 0 Å². The molecule has 0 spiro atoms. The average Bonchev–Trinajstić information content (AvgIpc) is 2.14. The first kappa shape index (κ1) is 11.2. The zero-order valence-corrected chi connectivity index (χ0v) is 8.55. The van der Waals surface area contributed by atoms with Crippen LogP contribution in [0.3, 0.4) is 0 Å². The van der Waals surface area contributed by atoms with Crippen LogP contribution in [0.5, 0.6) is 0 Å². The molecule has 0 heterocycles. The fraction of sp³-hybridized carbons (Fsp3) is 0.417. The van der Waals surface area contributed by atoms with Crippen molar-refractivity contribution in [3.8, 4) is 0 Å².